The van der Waals surface area contributed by atoms with Crippen molar-refractivity contribution in [2.24, 2.45) is 0 Å². The number of hydrogen-bond donors (Lipinski definition) is 0. The molecule has 0 aliphatic rings. The quantitative estimate of drug-likeness (QED) is 0.840. The van der Waals surface area contributed by atoms with E-state index in [0.717, 1.165) is 12.2 Å². The Bertz CT molecular complexity index is 455. The molecular weight excluding hydrogens is 244 g/mol. The molecule has 16 heavy (non-hydrogen) atoms. The number of aromatic nitrogens is 2. The molecule has 1 aromatic heterocycles. The van der Waals surface area contributed by atoms with Crippen molar-refractivity contribution < 1.29 is 4.74 Å². The Hall–Kier alpha value is -1.13. The van der Waals surface area contributed by atoms with Crippen LogP contribution >= 0.6 is 23.1 Å². The first-order chi connectivity index (χ1) is 7.79. The van der Waals surface area contributed by atoms with Gasteiger partial charge in [0, 0.05) is 11.5 Å². The molecule has 0 N–H and O–H groups in total. The number of ether oxygens (including phenoxy) is 1. The molecule has 84 valence electrons. The minimum atomic E-state index is 0.362. The molecule has 1 heterocycles. The number of halogens is 1. The minimum absolute atomic E-state index is 0.362. The number of rotatable bonds is 4. The summed E-state index contributed by atoms with van der Waals surface area (Å²) >= 11 is 7.04. The number of benzene rings is 1. The van der Waals surface area contributed by atoms with Crippen molar-refractivity contribution in [3.05, 3.63) is 39.9 Å². The second-order valence-corrected chi connectivity index (χ2v) is 4.64. The van der Waals surface area contributed by atoms with Crippen LogP contribution in [-0.2, 0) is 13.0 Å². The van der Waals surface area contributed by atoms with Gasteiger partial charge in [-0.25, -0.2) is 0 Å². The highest BCUT2D eigenvalue weighted by Gasteiger charge is 2.05. The molecule has 0 spiro atoms. The van der Waals surface area contributed by atoms with Crippen LogP contribution in [0.5, 0.6) is 5.75 Å². The van der Waals surface area contributed by atoms with E-state index in [1.54, 1.807) is 0 Å². The van der Waals surface area contributed by atoms with Crippen molar-refractivity contribution in [2.75, 3.05) is 0 Å². The first-order valence-electron chi connectivity index (χ1n) is 4.98. The standard InChI is InChI=1S/C11H11ClN2OS/c1-2-8-3-5-9(6-4-8)15-7-10-11(12)16-14-13-10/h3-6H,2,7H2,1H3. The zero-order chi connectivity index (χ0) is 11.4. The number of hydrogen-bond acceptors (Lipinski definition) is 4. The molecule has 0 bridgehead atoms. The second-order valence-electron chi connectivity index (χ2n) is 3.28. The van der Waals surface area contributed by atoms with Gasteiger partial charge in [0.25, 0.3) is 0 Å². The van der Waals surface area contributed by atoms with E-state index in [4.69, 9.17) is 16.3 Å². The first kappa shape index (κ1) is 11.4. The fourth-order valence-electron chi connectivity index (χ4n) is 1.26. The highest BCUT2D eigenvalue weighted by atomic mass is 35.5. The molecule has 0 atom stereocenters. The van der Waals surface area contributed by atoms with Crippen LogP contribution < -0.4 is 4.74 Å². The maximum Gasteiger partial charge on any atom is 0.141 e. The van der Waals surface area contributed by atoms with Crippen LogP contribution in [0.3, 0.4) is 0 Å². The predicted octanol–water partition coefficient (Wildman–Crippen LogP) is 3.33. The van der Waals surface area contributed by atoms with Crippen molar-refractivity contribution in [3.63, 3.8) is 0 Å². The molecule has 0 unspecified atom stereocenters. The van der Waals surface area contributed by atoms with Crippen molar-refractivity contribution in [1.82, 2.24) is 9.59 Å². The van der Waals surface area contributed by atoms with Crippen LogP contribution in [-0.4, -0.2) is 9.59 Å². The van der Waals surface area contributed by atoms with E-state index in [1.807, 2.05) is 12.1 Å². The molecule has 2 rings (SSSR count). The summed E-state index contributed by atoms with van der Waals surface area (Å²) in [4.78, 5) is 0. The van der Waals surface area contributed by atoms with Crippen molar-refractivity contribution in [1.29, 1.82) is 0 Å². The summed E-state index contributed by atoms with van der Waals surface area (Å²) in [5, 5.41) is 3.88. The highest BCUT2D eigenvalue weighted by Crippen LogP contribution is 2.20. The fraction of sp³-hybridized carbons (Fsp3) is 0.273. The van der Waals surface area contributed by atoms with E-state index < -0.39 is 0 Å². The molecule has 0 fully saturated rings. The zero-order valence-corrected chi connectivity index (χ0v) is 10.4. The van der Waals surface area contributed by atoms with E-state index >= 15 is 0 Å². The first-order valence-corrected chi connectivity index (χ1v) is 6.13. The molecule has 3 nitrogen and oxygen atoms in total. The average molecular weight is 255 g/mol. The van der Waals surface area contributed by atoms with Gasteiger partial charge in [-0.05, 0) is 24.1 Å². The summed E-state index contributed by atoms with van der Waals surface area (Å²) in [6.45, 7) is 2.48. The van der Waals surface area contributed by atoms with Crippen LogP contribution in [0.1, 0.15) is 18.2 Å². The average Bonchev–Trinajstić information content (AvgIpc) is 2.73. The summed E-state index contributed by atoms with van der Waals surface area (Å²) in [5.74, 6) is 0.821. The van der Waals surface area contributed by atoms with Crippen molar-refractivity contribution >= 4 is 23.1 Å². The molecule has 0 radical (unpaired) electrons. The third-order valence-electron chi connectivity index (χ3n) is 2.22. The van der Waals surface area contributed by atoms with Crippen molar-refractivity contribution in [2.45, 2.75) is 20.0 Å². The summed E-state index contributed by atoms with van der Waals surface area (Å²) < 4.78 is 9.88. The monoisotopic (exact) mass is 254 g/mol. The Labute approximate surface area is 103 Å². The lowest BCUT2D eigenvalue weighted by Gasteiger charge is -2.04. The summed E-state index contributed by atoms with van der Waals surface area (Å²) in [6.07, 6.45) is 1.03. The molecule has 2 aromatic rings. The fourth-order valence-corrected chi connectivity index (χ4v) is 1.86. The lowest BCUT2D eigenvalue weighted by atomic mass is 10.2. The van der Waals surface area contributed by atoms with E-state index in [1.165, 1.54) is 17.1 Å². The van der Waals surface area contributed by atoms with Gasteiger partial charge in [0.1, 0.15) is 22.4 Å². The minimum Gasteiger partial charge on any atom is -0.487 e. The normalized spacial score (nSPS) is 10.4. The zero-order valence-electron chi connectivity index (χ0n) is 8.81. The topological polar surface area (TPSA) is 35.0 Å². The Balaban J connectivity index is 1.97. The Morgan fingerprint density at radius 3 is 2.62 bits per heavy atom. The molecule has 0 aliphatic carbocycles. The molecule has 0 saturated heterocycles. The van der Waals surface area contributed by atoms with Crippen LogP contribution in [0.4, 0.5) is 0 Å². The van der Waals surface area contributed by atoms with Gasteiger partial charge >= 0.3 is 0 Å². The van der Waals surface area contributed by atoms with Gasteiger partial charge in [-0.3, -0.25) is 0 Å². The van der Waals surface area contributed by atoms with Gasteiger partial charge < -0.3 is 4.74 Å². The Kier molecular flexibility index (Phi) is 3.74. The third-order valence-corrected chi connectivity index (χ3v) is 3.20. The van der Waals surface area contributed by atoms with Gasteiger partial charge in [0.05, 0.1) is 0 Å². The second kappa shape index (κ2) is 5.27. The Morgan fingerprint density at radius 2 is 2.06 bits per heavy atom. The smallest absolute Gasteiger partial charge is 0.141 e. The maximum atomic E-state index is 5.87. The SMILES string of the molecule is CCc1ccc(OCc2nnsc2Cl)cc1. The summed E-state index contributed by atoms with van der Waals surface area (Å²) in [5.41, 5.74) is 1.98. The van der Waals surface area contributed by atoms with Gasteiger partial charge in [-0.15, -0.1) is 5.10 Å². The lowest BCUT2D eigenvalue weighted by Crippen LogP contribution is -1.96. The van der Waals surface area contributed by atoms with Crippen LogP contribution in [0.2, 0.25) is 4.34 Å². The van der Waals surface area contributed by atoms with Crippen LogP contribution in [0.15, 0.2) is 24.3 Å². The van der Waals surface area contributed by atoms with Gasteiger partial charge in [0.15, 0.2) is 0 Å². The summed E-state index contributed by atoms with van der Waals surface area (Å²) in [6, 6.07) is 8.01. The maximum absolute atomic E-state index is 5.87. The van der Waals surface area contributed by atoms with E-state index in [0.29, 0.717) is 16.6 Å². The lowest BCUT2D eigenvalue weighted by molar-refractivity contribution is 0.301. The Morgan fingerprint density at radius 1 is 1.31 bits per heavy atom. The third kappa shape index (κ3) is 2.71. The molecule has 5 heteroatoms. The number of nitrogens with zero attached hydrogens (tertiary/aromatic N) is 2. The van der Waals surface area contributed by atoms with E-state index in [-0.39, 0.29) is 0 Å². The van der Waals surface area contributed by atoms with Crippen molar-refractivity contribution in [3.8, 4) is 5.75 Å². The van der Waals surface area contributed by atoms with Gasteiger partial charge in [-0.2, -0.15) is 0 Å². The molecule has 0 aliphatic heterocycles. The molecular formula is C11H11ClN2OS. The summed E-state index contributed by atoms with van der Waals surface area (Å²) in [7, 11) is 0. The number of aryl methyl sites for hydroxylation is 1. The van der Waals surface area contributed by atoms with Crippen LogP contribution in [0.25, 0.3) is 0 Å². The molecule has 0 amide bonds. The van der Waals surface area contributed by atoms with E-state index in [2.05, 4.69) is 28.6 Å². The molecule has 0 saturated carbocycles. The molecule has 1 aromatic carbocycles. The van der Waals surface area contributed by atoms with Gasteiger partial charge in [0.2, 0.25) is 0 Å². The van der Waals surface area contributed by atoms with Crippen LogP contribution in [0, 0.1) is 0 Å². The van der Waals surface area contributed by atoms with Gasteiger partial charge in [-0.1, -0.05) is 35.1 Å². The predicted molar refractivity (Wildman–Crippen MR) is 65.1 cm³/mol. The highest BCUT2D eigenvalue weighted by molar-refractivity contribution is 7.10. The largest absolute Gasteiger partial charge is 0.487 e. The van der Waals surface area contributed by atoms with E-state index in [9.17, 15) is 0 Å².